The number of halogens is 1. The molecule has 3 amide bonds. The van der Waals surface area contributed by atoms with E-state index in [4.69, 9.17) is 4.74 Å². The second-order valence-corrected chi connectivity index (χ2v) is 9.13. The summed E-state index contributed by atoms with van der Waals surface area (Å²) in [5.74, 6) is 0.443. The van der Waals surface area contributed by atoms with Gasteiger partial charge in [-0.3, -0.25) is 9.69 Å². The van der Waals surface area contributed by atoms with E-state index in [9.17, 15) is 9.59 Å². The fraction of sp³-hybridized carbons (Fsp3) is 0.211. The average Bonchev–Trinajstić information content (AvgIpc) is 3.40. The molecule has 1 unspecified atom stereocenters. The van der Waals surface area contributed by atoms with E-state index >= 15 is 0 Å². The SMILES string of the molecule is COc1ccc(Br)cc1-c1nc(CN2C(=O)NC(C)(c3cccs3)C2=O)cs1. The van der Waals surface area contributed by atoms with Gasteiger partial charge in [-0.25, -0.2) is 9.78 Å². The Balaban J connectivity index is 1.59. The predicted octanol–water partition coefficient (Wildman–Crippen LogP) is 4.61. The molecule has 6 nitrogen and oxygen atoms in total. The van der Waals surface area contributed by atoms with Crippen molar-refractivity contribution in [3.8, 4) is 16.3 Å². The van der Waals surface area contributed by atoms with Crippen molar-refractivity contribution < 1.29 is 14.3 Å². The molecule has 0 bridgehead atoms. The molecule has 0 radical (unpaired) electrons. The number of carbonyl (C=O) groups is 2. The Bertz CT molecular complexity index is 1050. The molecule has 28 heavy (non-hydrogen) atoms. The highest BCUT2D eigenvalue weighted by molar-refractivity contribution is 9.10. The van der Waals surface area contributed by atoms with E-state index in [0.29, 0.717) is 11.4 Å². The highest BCUT2D eigenvalue weighted by atomic mass is 79.9. The predicted molar refractivity (Wildman–Crippen MR) is 113 cm³/mol. The Morgan fingerprint density at radius 1 is 1.29 bits per heavy atom. The maximum atomic E-state index is 13.0. The first kappa shape index (κ1) is 19.1. The number of benzene rings is 1. The molecule has 144 valence electrons. The number of thiophene rings is 1. The van der Waals surface area contributed by atoms with E-state index in [-0.39, 0.29) is 12.5 Å². The van der Waals surface area contributed by atoms with Crippen LogP contribution < -0.4 is 10.1 Å². The summed E-state index contributed by atoms with van der Waals surface area (Å²) in [6, 6.07) is 9.01. The van der Waals surface area contributed by atoms with E-state index < -0.39 is 11.6 Å². The molecule has 0 spiro atoms. The summed E-state index contributed by atoms with van der Waals surface area (Å²) in [6.45, 7) is 1.86. The van der Waals surface area contributed by atoms with Gasteiger partial charge < -0.3 is 10.1 Å². The van der Waals surface area contributed by atoms with E-state index in [1.807, 2.05) is 41.1 Å². The molecule has 0 saturated carbocycles. The molecule has 3 aromatic rings. The van der Waals surface area contributed by atoms with Crippen LogP contribution in [0.4, 0.5) is 4.79 Å². The molecule has 1 N–H and O–H groups in total. The topological polar surface area (TPSA) is 71.5 Å². The first-order chi connectivity index (χ1) is 13.4. The van der Waals surface area contributed by atoms with Crippen molar-refractivity contribution in [1.29, 1.82) is 0 Å². The Labute approximate surface area is 178 Å². The van der Waals surface area contributed by atoms with Crippen LogP contribution in [0.3, 0.4) is 0 Å². The lowest BCUT2D eigenvalue weighted by molar-refractivity contribution is -0.131. The van der Waals surface area contributed by atoms with Gasteiger partial charge in [-0.2, -0.15) is 0 Å². The minimum absolute atomic E-state index is 0.123. The van der Waals surface area contributed by atoms with E-state index in [1.165, 1.54) is 27.6 Å². The van der Waals surface area contributed by atoms with Crippen molar-refractivity contribution in [2.45, 2.75) is 19.0 Å². The second-order valence-electron chi connectivity index (χ2n) is 6.41. The van der Waals surface area contributed by atoms with Gasteiger partial charge in [-0.15, -0.1) is 22.7 Å². The minimum atomic E-state index is -1.03. The maximum absolute atomic E-state index is 13.0. The average molecular weight is 478 g/mol. The van der Waals surface area contributed by atoms with Gasteiger partial charge in [0.1, 0.15) is 10.8 Å². The largest absolute Gasteiger partial charge is 0.496 e. The van der Waals surface area contributed by atoms with Crippen LogP contribution in [0.15, 0.2) is 45.6 Å². The zero-order valence-corrected chi connectivity index (χ0v) is 18.3. The van der Waals surface area contributed by atoms with Crippen LogP contribution >= 0.6 is 38.6 Å². The van der Waals surface area contributed by atoms with Gasteiger partial charge in [0.2, 0.25) is 0 Å². The number of rotatable bonds is 5. The molecular weight excluding hydrogens is 462 g/mol. The van der Waals surface area contributed by atoms with E-state index in [0.717, 1.165) is 19.9 Å². The zero-order chi connectivity index (χ0) is 19.9. The Morgan fingerprint density at radius 3 is 2.82 bits per heavy atom. The Kier molecular flexibility index (Phi) is 4.98. The van der Waals surface area contributed by atoms with Crippen LogP contribution in [0.2, 0.25) is 0 Å². The third-order valence-electron chi connectivity index (χ3n) is 4.55. The quantitative estimate of drug-likeness (QED) is 0.544. The fourth-order valence-corrected chi connectivity index (χ4v) is 5.11. The van der Waals surface area contributed by atoms with Crippen LogP contribution in [-0.4, -0.2) is 28.9 Å². The number of urea groups is 1. The zero-order valence-electron chi connectivity index (χ0n) is 15.1. The number of methoxy groups -OCH3 is 1. The maximum Gasteiger partial charge on any atom is 0.325 e. The lowest BCUT2D eigenvalue weighted by Gasteiger charge is -2.19. The number of amides is 3. The molecule has 1 aliphatic rings. The van der Waals surface area contributed by atoms with Crippen LogP contribution in [0.25, 0.3) is 10.6 Å². The minimum Gasteiger partial charge on any atom is -0.496 e. The molecule has 1 atom stereocenters. The van der Waals surface area contributed by atoms with Crippen molar-refractivity contribution in [1.82, 2.24) is 15.2 Å². The number of nitrogens with zero attached hydrogens (tertiary/aromatic N) is 2. The molecule has 1 aliphatic heterocycles. The van der Waals surface area contributed by atoms with Crippen molar-refractivity contribution in [3.05, 3.63) is 56.1 Å². The second kappa shape index (κ2) is 7.31. The van der Waals surface area contributed by atoms with Gasteiger partial charge in [0.05, 0.1) is 24.9 Å². The molecule has 1 fully saturated rings. The summed E-state index contributed by atoms with van der Waals surface area (Å²) in [7, 11) is 1.61. The van der Waals surface area contributed by atoms with Crippen LogP contribution in [-0.2, 0) is 16.9 Å². The molecule has 3 heterocycles. The molecular formula is C19H16BrN3O3S2. The summed E-state index contributed by atoms with van der Waals surface area (Å²) in [5, 5.41) is 7.33. The summed E-state index contributed by atoms with van der Waals surface area (Å²) < 4.78 is 6.34. The first-order valence-corrected chi connectivity index (χ1v) is 10.9. The van der Waals surface area contributed by atoms with Gasteiger partial charge in [0, 0.05) is 14.7 Å². The van der Waals surface area contributed by atoms with Gasteiger partial charge in [0.15, 0.2) is 5.54 Å². The van der Waals surface area contributed by atoms with Gasteiger partial charge in [-0.05, 0) is 36.6 Å². The normalized spacial score (nSPS) is 19.2. The van der Waals surface area contributed by atoms with E-state index in [2.05, 4.69) is 26.2 Å². The van der Waals surface area contributed by atoms with Gasteiger partial charge >= 0.3 is 6.03 Å². The number of imide groups is 1. The molecule has 2 aromatic heterocycles. The molecule has 4 rings (SSSR count). The number of carbonyl (C=O) groups excluding carboxylic acids is 2. The van der Waals surface area contributed by atoms with Crippen LogP contribution in [0, 0.1) is 0 Å². The highest BCUT2D eigenvalue weighted by Gasteiger charge is 2.49. The third-order valence-corrected chi connectivity index (χ3v) is 7.06. The number of nitrogens with one attached hydrogen (secondary N) is 1. The number of ether oxygens (including phenoxy) is 1. The van der Waals surface area contributed by atoms with Crippen molar-refractivity contribution in [3.63, 3.8) is 0 Å². The number of hydrogen-bond acceptors (Lipinski definition) is 6. The summed E-state index contributed by atoms with van der Waals surface area (Å²) in [5.41, 5.74) is 0.479. The molecule has 1 saturated heterocycles. The summed E-state index contributed by atoms with van der Waals surface area (Å²) >= 11 is 6.35. The van der Waals surface area contributed by atoms with E-state index in [1.54, 1.807) is 14.0 Å². The Morgan fingerprint density at radius 2 is 2.11 bits per heavy atom. The number of thiazole rings is 1. The third kappa shape index (κ3) is 3.23. The fourth-order valence-electron chi connectivity index (χ4n) is 3.08. The van der Waals surface area contributed by atoms with Crippen molar-refractivity contribution >= 4 is 50.5 Å². The lowest BCUT2D eigenvalue weighted by atomic mass is 10.0. The van der Waals surface area contributed by atoms with Crippen molar-refractivity contribution in [2.24, 2.45) is 0 Å². The Hall–Kier alpha value is -2.23. The lowest BCUT2D eigenvalue weighted by Crippen LogP contribution is -2.40. The molecule has 1 aromatic carbocycles. The van der Waals surface area contributed by atoms with Crippen molar-refractivity contribution in [2.75, 3.05) is 7.11 Å². The van der Waals surface area contributed by atoms with Gasteiger partial charge in [0.25, 0.3) is 5.91 Å². The standard InChI is InChI=1S/C19H16BrN3O3S2/c1-19(15-4-3-7-27-15)17(24)23(18(25)22-19)9-12-10-28-16(21-12)13-8-11(20)5-6-14(13)26-2/h3-8,10H,9H2,1-2H3,(H,22,25). The molecule has 9 heteroatoms. The number of hydrogen-bond donors (Lipinski definition) is 1. The summed E-state index contributed by atoms with van der Waals surface area (Å²) in [4.78, 5) is 32.1. The summed E-state index contributed by atoms with van der Waals surface area (Å²) in [6.07, 6.45) is 0. The van der Waals surface area contributed by atoms with Crippen LogP contribution in [0.1, 0.15) is 17.5 Å². The molecule has 0 aliphatic carbocycles. The highest BCUT2D eigenvalue weighted by Crippen LogP contribution is 2.36. The first-order valence-electron chi connectivity index (χ1n) is 8.39. The number of aromatic nitrogens is 1. The monoisotopic (exact) mass is 477 g/mol. The van der Waals surface area contributed by atoms with Gasteiger partial charge in [-0.1, -0.05) is 22.0 Å². The van der Waals surface area contributed by atoms with Crippen LogP contribution in [0.5, 0.6) is 5.75 Å². The smallest absolute Gasteiger partial charge is 0.325 e.